The molecule has 21 heavy (non-hydrogen) atoms. The summed E-state index contributed by atoms with van der Waals surface area (Å²) in [5, 5.41) is 2.96. The second kappa shape index (κ2) is 7.26. The summed E-state index contributed by atoms with van der Waals surface area (Å²) in [6.07, 6.45) is 0. The van der Waals surface area contributed by atoms with Crippen LogP contribution < -0.4 is 10.1 Å². The molecule has 1 aliphatic heterocycles. The van der Waals surface area contributed by atoms with E-state index in [1.807, 2.05) is 11.9 Å². The van der Waals surface area contributed by atoms with Gasteiger partial charge in [-0.2, -0.15) is 0 Å². The minimum absolute atomic E-state index is 0.0393. The Hall–Kier alpha value is -1.82. The summed E-state index contributed by atoms with van der Waals surface area (Å²) in [5.41, 5.74) is 0.582. The van der Waals surface area contributed by atoms with Crippen LogP contribution in [0.5, 0.6) is 5.75 Å². The van der Waals surface area contributed by atoms with Gasteiger partial charge >= 0.3 is 0 Å². The van der Waals surface area contributed by atoms with Gasteiger partial charge in [0.05, 0.1) is 13.2 Å². The molecule has 2 rings (SSSR count). The van der Waals surface area contributed by atoms with Crippen molar-refractivity contribution in [1.29, 1.82) is 0 Å². The lowest BCUT2D eigenvalue weighted by Crippen LogP contribution is -2.48. The number of benzene rings is 1. The molecule has 0 radical (unpaired) electrons. The Kier molecular flexibility index (Phi) is 5.38. The lowest BCUT2D eigenvalue weighted by atomic mass is 10.2. The van der Waals surface area contributed by atoms with Crippen molar-refractivity contribution < 1.29 is 13.9 Å². The molecule has 0 aromatic heterocycles. The highest BCUT2D eigenvalue weighted by atomic mass is 19.1. The van der Waals surface area contributed by atoms with Crippen molar-refractivity contribution in [3.63, 3.8) is 0 Å². The molecular formula is C15H22FN3O2. The van der Waals surface area contributed by atoms with Gasteiger partial charge in [0.1, 0.15) is 0 Å². The van der Waals surface area contributed by atoms with Crippen LogP contribution in [0.2, 0.25) is 0 Å². The zero-order valence-electron chi connectivity index (χ0n) is 12.6. The molecule has 1 saturated heterocycles. The molecule has 0 atom stereocenters. The van der Waals surface area contributed by atoms with Gasteiger partial charge in [-0.05, 0) is 26.1 Å². The van der Waals surface area contributed by atoms with Crippen molar-refractivity contribution >= 4 is 11.6 Å². The topological polar surface area (TPSA) is 44.8 Å². The van der Waals surface area contributed by atoms with Gasteiger partial charge in [-0.25, -0.2) is 4.39 Å². The largest absolute Gasteiger partial charge is 0.491 e. The first-order chi connectivity index (χ1) is 10.1. The van der Waals surface area contributed by atoms with Crippen LogP contribution in [0.3, 0.4) is 0 Å². The Bertz CT molecular complexity index is 488. The van der Waals surface area contributed by atoms with Gasteiger partial charge in [0, 0.05) is 37.9 Å². The van der Waals surface area contributed by atoms with E-state index in [2.05, 4.69) is 10.2 Å². The second-order valence-corrected chi connectivity index (χ2v) is 5.12. The molecule has 0 spiro atoms. The van der Waals surface area contributed by atoms with E-state index < -0.39 is 5.82 Å². The zero-order valence-corrected chi connectivity index (χ0v) is 12.6. The molecule has 0 unspecified atom stereocenters. The number of anilines is 1. The van der Waals surface area contributed by atoms with E-state index in [4.69, 9.17) is 4.74 Å². The summed E-state index contributed by atoms with van der Waals surface area (Å²) < 4.78 is 18.8. The molecule has 1 heterocycles. The van der Waals surface area contributed by atoms with E-state index in [-0.39, 0.29) is 18.2 Å². The predicted molar refractivity (Wildman–Crippen MR) is 80.1 cm³/mol. The molecule has 0 bridgehead atoms. The van der Waals surface area contributed by atoms with Crippen molar-refractivity contribution in [2.24, 2.45) is 0 Å². The van der Waals surface area contributed by atoms with Crippen LogP contribution in [0.1, 0.15) is 6.92 Å². The quantitative estimate of drug-likeness (QED) is 0.892. The molecule has 1 amide bonds. The molecule has 1 aromatic carbocycles. The number of rotatable bonds is 5. The minimum atomic E-state index is -0.422. The Labute approximate surface area is 124 Å². The summed E-state index contributed by atoms with van der Waals surface area (Å²) in [5.74, 6) is -0.153. The molecule has 0 aliphatic carbocycles. The number of hydrogen-bond acceptors (Lipinski definition) is 4. The Morgan fingerprint density at radius 2 is 2.05 bits per heavy atom. The van der Waals surface area contributed by atoms with Gasteiger partial charge in [0.2, 0.25) is 5.91 Å². The highest BCUT2D eigenvalue weighted by Gasteiger charge is 2.18. The van der Waals surface area contributed by atoms with E-state index in [9.17, 15) is 9.18 Å². The smallest absolute Gasteiger partial charge is 0.241 e. The molecule has 1 N–H and O–H groups in total. The highest BCUT2D eigenvalue weighted by Crippen LogP contribution is 2.21. The van der Waals surface area contributed by atoms with Crippen molar-refractivity contribution in [2.45, 2.75) is 6.92 Å². The van der Waals surface area contributed by atoms with Crippen molar-refractivity contribution in [2.75, 3.05) is 51.7 Å². The molecule has 5 nitrogen and oxygen atoms in total. The second-order valence-electron chi connectivity index (χ2n) is 5.12. The van der Waals surface area contributed by atoms with Gasteiger partial charge < -0.3 is 19.9 Å². The van der Waals surface area contributed by atoms with Gasteiger partial charge in [0.15, 0.2) is 11.6 Å². The van der Waals surface area contributed by atoms with Crippen LogP contribution in [0.15, 0.2) is 18.2 Å². The van der Waals surface area contributed by atoms with Crippen molar-refractivity contribution in [3.8, 4) is 5.75 Å². The van der Waals surface area contributed by atoms with Crippen LogP contribution in [-0.2, 0) is 4.79 Å². The lowest BCUT2D eigenvalue weighted by molar-refractivity contribution is -0.130. The van der Waals surface area contributed by atoms with E-state index in [1.165, 1.54) is 6.07 Å². The SMILES string of the molecule is CCOc1ccc(NCC(=O)N2CCN(C)CC2)cc1F. The first-order valence-electron chi connectivity index (χ1n) is 7.22. The number of nitrogens with one attached hydrogen (secondary N) is 1. The van der Waals surface area contributed by atoms with Crippen LogP contribution >= 0.6 is 0 Å². The number of amides is 1. The van der Waals surface area contributed by atoms with Crippen molar-refractivity contribution in [3.05, 3.63) is 24.0 Å². The number of piperazine rings is 1. The Morgan fingerprint density at radius 1 is 1.33 bits per heavy atom. The number of carbonyl (C=O) groups excluding carboxylic acids is 1. The van der Waals surface area contributed by atoms with Crippen LogP contribution in [0.25, 0.3) is 0 Å². The van der Waals surface area contributed by atoms with E-state index in [1.54, 1.807) is 19.1 Å². The summed E-state index contributed by atoms with van der Waals surface area (Å²) in [4.78, 5) is 16.1. The third kappa shape index (κ3) is 4.32. The molecule has 6 heteroatoms. The monoisotopic (exact) mass is 295 g/mol. The van der Waals surface area contributed by atoms with Crippen LogP contribution in [0.4, 0.5) is 10.1 Å². The highest BCUT2D eigenvalue weighted by molar-refractivity contribution is 5.81. The molecule has 1 fully saturated rings. The first-order valence-corrected chi connectivity index (χ1v) is 7.22. The van der Waals surface area contributed by atoms with Gasteiger partial charge in [-0.1, -0.05) is 0 Å². The zero-order chi connectivity index (χ0) is 15.2. The number of likely N-dealkylation sites (N-methyl/N-ethyl adjacent to an activating group) is 1. The van der Waals surface area contributed by atoms with Gasteiger partial charge in [-0.3, -0.25) is 4.79 Å². The number of hydrogen-bond donors (Lipinski definition) is 1. The molecule has 0 saturated carbocycles. The average Bonchev–Trinajstić information content (AvgIpc) is 2.48. The van der Waals surface area contributed by atoms with Crippen LogP contribution in [0, 0.1) is 5.82 Å². The van der Waals surface area contributed by atoms with Crippen LogP contribution in [-0.4, -0.2) is 62.1 Å². The third-order valence-corrected chi connectivity index (χ3v) is 3.53. The molecular weight excluding hydrogens is 273 g/mol. The van der Waals surface area contributed by atoms with Crippen molar-refractivity contribution in [1.82, 2.24) is 9.80 Å². The molecule has 1 aromatic rings. The predicted octanol–water partition coefficient (Wildman–Crippen LogP) is 1.41. The van der Waals surface area contributed by atoms with E-state index in [0.717, 1.165) is 26.2 Å². The van der Waals surface area contributed by atoms with E-state index in [0.29, 0.717) is 12.3 Å². The Balaban J connectivity index is 1.85. The van der Waals surface area contributed by atoms with Gasteiger partial charge in [0.25, 0.3) is 0 Å². The Morgan fingerprint density at radius 3 is 2.67 bits per heavy atom. The average molecular weight is 295 g/mol. The maximum absolute atomic E-state index is 13.7. The third-order valence-electron chi connectivity index (χ3n) is 3.53. The summed E-state index contributed by atoms with van der Waals surface area (Å²) in [7, 11) is 2.04. The minimum Gasteiger partial charge on any atom is -0.491 e. The summed E-state index contributed by atoms with van der Waals surface area (Å²) >= 11 is 0. The summed E-state index contributed by atoms with van der Waals surface area (Å²) in [6.45, 7) is 5.68. The fourth-order valence-electron chi connectivity index (χ4n) is 2.23. The van der Waals surface area contributed by atoms with E-state index >= 15 is 0 Å². The number of halogens is 1. The standard InChI is InChI=1S/C15H22FN3O2/c1-3-21-14-5-4-12(10-13(14)16)17-11-15(20)19-8-6-18(2)7-9-19/h4-5,10,17H,3,6-9,11H2,1-2H3. The first kappa shape index (κ1) is 15.6. The number of ether oxygens (including phenoxy) is 1. The maximum Gasteiger partial charge on any atom is 0.241 e. The lowest BCUT2D eigenvalue weighted by Gasteiger charge is -2.32. The fourth-order valence-corrected chi connectivity index (χ4v) is 2.23. The maximum atomic E-state index is 13.7. The molecule has 116 valence electrons. The number of carbonyl (C=O) groups is 1. The molecule has 1 aliphatic rings. The van der Waals surface area contributed by atoms with Gasteiger partial charge in [-0.15, -0.1) is 0 Å². The fraction of sp³-hybridized carbons (Fsp3) is 0.533. The normalized spacial score (nSPS) is 15.9. The summed E-state index contributed by atoms with van der Waals surface area (Å²) in [6, 6.07) is 4.63. The number of nitrogens with zero attached hydrogens (tertiary/aromatic N) is 2.